The predicted octanol–water partition coefficient (Wildman–Crippen LogP) is 2.78. The van der Waals surface area contributed by atoms with Crippen molar-refractivity contribution < 1.29 is 19.3 Å². The van der Waals surface area contributed by atoms with Crippen LogP contribution in [0.2, 0.25) is 5.02 Å². The van der Waals surface area contributed by atoms with Crippen LogP contribution in [-0.2, 0) is 9.47 Å². The molecule has 3 saturated heterocycles. The third-order valence-electron chi connectivity index (χ3n) is 6.26. The molecule has 0 spiro atoms. The Kier molecular flexibility index (Phi) is 4.75. The number of hydrogen-bond donors (Lipinski definition) is 2. The molecule has 1 unspecified atom stereocenters. The summed E-state index contributed by atoms with van der Waals surface area (Å²) in [6, 6.07) is 10.5. The van der Waals surface area contributed by atoms with Gasteiger partial charge in [0, 0.05) is 24.3 Å². The molecule has 0 radical (unpaired) electrons. The number of halogens is 1. The topological polar surface area (TPSA) is 92.7 Å². The monoisotopic (exact) mass is 442 g/mol. The minimum atomic E-state index is -0.617. The number of aromatic nitrogens is 3. The molecule has 5 heterocycles. The lowest BCUT2D eigenvalue weighted by Crippen LogP contribution is -2.34. The van der Waals surface area contributed by atoms with Crippen molar-refractivity contribution in [2.75, 3.05) is 31.2 Å². The SMILES string of the molecule is O[C@@H]1COC2[C@H](Oc3nc4nc(-c5ccc(N6CCCC6)cc5)c(Cl)cc4[nH]3)CO[C@@H]21. The minimum absolute atomic E-state index is 0.256. The Bertz CT molecular complexity index is 1100. The summed E-state index contributed by atoms with van der Waals surface area (Å²) < 4.78 is 17.2. The first kappa shape index (κ1) is 19.3. The fourth-order valence-corrected chi connectivity index (χ4v) is 4.91. The van der Waals surface area contributed by atoms with Crippen LogP contribution in [-0.4, -0.2) is 70.8 Å². The summed E-state index contributed by atoms with van der Waals surface area (Å²) in [6.45, 7) is 2.81. The third kappa shape index (κ3) is 3.43. The molecule has 162 valence electrons. The molecule has 0 saturated carbocycles. The third-order valence-corrected chi connectivity index (χ3v) is 6.55. The number of imidazole rings is 1. The molecule has 2 N–H and O–H groups in total. The zero-order valence-corrected chi connectivity index (χ0v) is 17.6. The average molecular weight is 443 g/mol. The van der Waals surface area contributed by atoms with Crippen molar-refractivity contribution in [1.29, 1.82) is 0 Å². The smallest absolute Gasteiger partial charge is 0.296 e. The first-order chi connectivity index (χ1) is 15.2. The lowest BCUT2D eigenvalue weighted by molar-refractivity contribution is 0.00706. The van der Waals surface area contributed by atoms with Gasteiger partial charge in [-0.2, -0.15) is 4.98 Å². The number of rotatable bonds is 4. The van der Waals surface area contributed by atoms with Crippen LogP contribution < -0.4 is 9.64 Å². The van der Waals surface area contributed by atoms with E-state index in [1.807, 2.05) is 6.07 Å². The molecule has 8 nitrogen and oxygen atoms in total. The maximum atomic E-state index is 9.89. The van der Waals surface area contributed by atoms with E-state index in [1.54, 1.807) is 0 Å². The second kappa shape index (κ2) is 7.63. The number of ether oxygens (including phenoxy) is 3. The summed E-state index contributed by atoms with van der Waals surface area (Å²) in [7, 11) is 0. The predicted molar refractivity (Wildman–Crippen MR) is 116 cm³/mol. The van der Waals surface area contributed by atoms with E-state index in [2.05, 4.69) is 44.1 Å². The van der Waals surface area contributed by atoms with E-state index in [4.69, 9.17) is 25.8 Å². The fraction of sp³-hybridized carbons (Fsp3) is 0.455. The van der Waals surface area contributed by atoms with Crippen molar-refractivity contribution in [3.63, 3.8) is 0 Å². The van der Waals surface area contributed by atoms with E-state index in [1.165, 1.54) is 18.5 Å². The van der Waals surface area contributed by atoms with Gasteiger partial charge in [-0.3, -0.25) is 0 Å². The molecule has 2 aromatic heterocycles. The molecule has 3 aromatic rings. The normalized spacial score (nSPS) is 27.9. The quantitative estimate of drug-likeness (QED) is 0.641. The summed E-state index contributed by atoms with van der Waals surface area (Å²) in [5, 5.41) is 10.4. The molecule has 0 amide bonds. The van der Waals surface area contributed by atoms with E-state index in [9.17, 15) is 5.11 Å². The molecule has 3 fully saturated rings. The Morgan fingerprint density at radius 3 is 2.65 bits per heavy atom. The van der Waals surface area contributed by atoms with Crippen LogP contribution in [0, 0.1) is 0 Å². The van der Waals surface area contributed by atoms with Crippen molar-refractivity contribution in [1.82, 2.24) is 15.0 Å². The van der Waals surface area contributed by atoms with Gasteiger partial charge in [0.25, 0.3) is 6.01 Å². The molecule has 3 aliphatic heterocycles. The highest BCUT2D eigenvalue weighted by molar-refractivity contribution is 6.33. The molecule has 31 heavy (non-hydrogen) atoms. The van der Waals surface area contributed by atoms with Crippen molar-refractivity contribution in [2.24, 2.45) is 0 Å². The van der Waals surface area contributed by atoms with Crippen molar-refractivity contribution >= 4 is 28.5 Å². The molecule has 0 bridgehead atoms. The number of hydrogen-bond acceptors (Lipinski definition) is 7. The summed E-state index contributed by atoms with van der Waals surface area (Å²) in [4.78, 5) is 14.7. The van der Waals surface area contributed by atoms with Crippen LogP contribution in [0.15, 0.2) is 30.3 Å². The molecule has 0 aliphatic carbocycles. The Hall–Kier alpha value is -2.39. The number of pyridine rings is 1. The van der Waals surface area contributed by atoms with E-state index >= 15 is 0 Å². The number of benzene rings is 1. The number of anilines is 1. The number of H-pyrrole nitrogens is 1. The number of aliphatic hydroxyl groups excluding tert-OH is 1. The second-order valence-corrected chi connectivity index (χ2v) is 8.70. The highest BCUT2D eigenvalue weighted by Gasteiger charge is 2.48. The maximum absolute atomic E-state index is 9.89. The molecular formula is C22H23ClN4O4. The van der Waals surface area contributed by atoms with Crippen LogP contribution in [0.5, 0.6) is 6.01 Å². The van der Waals surface area contributed by atoms with Gasteiger partial charge in [-0.1, -0.05) is 23.7 Å². The highest BCUT2D eigenvalue weighted by Crippen LogP contribution is 2.33. The second-order valence-electron chi connectivity index (χ2n) is 8.29. The van der Waals surface area contributed by atoms with Gasteiger partial charge in [0.15, 0.2) is 11.8 Å². The van der Waals surface area contributed by atoms with Crippen LogP contribution in [0.1, 0.15) is 12.8 Å². The standard InChI is InChI=1S/C22H23ClN4O4/c23-14-9-15-21(25-18(14)12-3-5-13(6-4-12)27-7-1-2-8-27)26-22(24-15)31-17-11-30-19-16(28)10-29-20(17)19/h3-6,9,16-17,19-20,28H,1-2,7-8,10-11H2,(H,24,25,26)/t16-,17-,19-,20?/m1/s1. The largest absolute Gasteiger partial charge is 0.456 e. The molecule has 1 aromatic carbocycles. The van der Waals surface area contributed by atoms with Gasteiger partial charge in [0.1, 0.15) is 18.3 Å². The number of aromatic amines is 1. The molecule has 6 rings (SSSR count). The van der Waals surface area contributed by atoms with Crippen LogP contribution in [0.4, 0.5) is 5.69 Å². The Morgan fingerprint density at radius 1 is 1.06 bits per heavy atom. The van der Waals surface area contributed by atoms with Gasteiger partial charge < -0.3 is 29.2 Å². The zero-order chi connectivity index (χ0) is 20.9. The van der Waals surface area contributed by atoms with Gasteiger partial charge in [-0.25, -0.2) is 4.98 Å². The molecule has 9 heteroatoms. The lowest BCUT2D eigenvalue weighted by Gasteiger charge is -2.17. The van der Waals surface area contributed by atoms with Crippen molar-refractivity contribution in [2.45, 2.75) is 37.3 Å². The fourth-order valence-electron chi connectivity index (χ4n) is 4.65. The highest BCUT2D eigenvalue weighted by atomic mass is 35.5. The first-order valence-corrected chi connectivity index (χ1v) is 11.0. The molecular weight excluding hydrogens is 420 g/mol. The van der Waals surface area contributed by atoms with E-state index in [-0.39, 0.29) is 24.9 Å². The summed E-state index contributed by atoms with van der Waals surface area (Å²) in [5.74, 6) is 0. The maximum Gasteiger partial charge on any atom is 0.296 e. The summed E-state index contributed by atoms with van der Waals surface area (Å²) in [6.07, 6.45) is 0.888. The minimum Gasteiger partial charge on any atom is -0.456 e. The number of fused-ring (bicyclic) bond motifs is 2. The van der Waals surface area contributed by atoms with Gasteiger partial charge in [-0.05, 0) is 31.0 Å². The van der Waals surface area contributed by atoms with Gasteiger partial charge in [0.05, 0.1) is 29.4 Å². The zero-order valence-electron chi connectivity index (χ0n) is 16.8. The Morgan fingerprint density at radius 2 is 1.84 bits per heavy atom. The lowest BCUT2D eigenvalue weighted by atomic mass is 10.1. The van der Waals surface area contributed by atoms with Crippen LogP contribution in [0.3, 0.4) is 0 Å². The van der Waals surface area contributed by atoms with Crippen LogP contribution >= 0.6 is 11.6 Å². The number of nitrogens with one attached hydrogen (secondary N) is 1. The summed E-state index contributed by atoms with van der Waals surface area (Å²) >= 11 is 6.54. The van der Waals surface area contributed by atoms with Gasteiger partial charge in [0.2, 0.25) is 0 Å². The van der Waals surface area contributed by atoms with Gasteiger partial charge in [-0.15, -0.1) is 0 Å². The van der Waals surface area contributed by atoms with E-state index in [0.717, 1.165) is 18.7 Å². The van der Waals surface area contributed by atoms with Crippen molar-refractivity contribution in [3.05, 3.63) is 35.4 Å². The first-order valence-electron chi connectivity index (χ1n) is 10.7. The average Bonchev–Trinajstić information content (AvgIpc) is 3.55. The molecule has 4 atom stereocenters. The van der Waals surface area contributed by atoms with E-state index in [0.29, 0.717) is 34.5 Å². The Labute approximate surface area is 184 Å². The summed E-state index contributed by atoms with van der Waals surface area (Å²) in [5.41, 5.74) is 4.08. The van der Waals surface area contributed by atoms with Crippen molar-refractivity contribution in [3.8, 4) is 17.3 Å². The number of nitrogens with zero attached hydrogens (tertiary/aromatic N) is 3. The molecule has 3 aliphatic rings. The van der Waals surface area contributed by atoms with Crippen LogP contribution in [0.25, 0.3) is 22.4 Å². The van der Waals surface area contributed by atoms with Gasteiger partial charge >= 0.3 is 0 Å². The number of aliphatic hydroxyl groups is 1. The Balaban J connectivity index is 1.24. The van der Waals surface area contributed by atoms with E-state index < -0.39 is 6.10 Å².